The smallest absolute Gasteiger partial charge is 0.333 e. The van der Waals surface area contributed by atoms with E-state index in [1.54, 1.807) is 6.92 Å². The molecule has 0 fully saturated rings. The largest absolute Gasteiger partial charge is 0.466 e. The highest BCUT2D eigenvalue weighted by Crippen LogP contribution is 2.42. The van der Waals surface area contributed by atoms with Crippen LogP contribution in [0.25, 0.3) is 0 Å². The van der Waals surface area contributed by atoms with E-state index in [-0.39, 0.29) is 5.97 Å². The topological polar surface area (TPSA) is 35.5 Å². The van der Waals surface area contributed by atoms with Gasteiger partial charge in [-0.05, 0) is 23.5 Å². The van der Waals surface area contributed by atoms with Crippen molar-refractivity contribution < 1.29 is 14.0 Å². The first-order valence-electron chi connectivity index (χ1n) is 7.09. The van der Waals surface area contributed by atoms with Gasteiger partial charge in [0.1, 0.15) is 0 Å². The van der Waals surface area contributed by atoms with E-state index < -0.39 is 8.32 Å². The van der Waals surface area contributed by atoms with Gasteiger partial charge in [0.2, 0.25) is 8.32 Å². The van der Waals surface area contributed by atoms with Crippen molar-refractivity contribution in [2.45, 2.75) is 65.1 Å². The Morgan fingerprint density at radius 1 is 1.05 bits per heavy atom. The number of methoxy groups -OCH3 is 1. The average molecular weight is 286 g/mol. The third kappa shape index (κ3) is 4.46. The molecule has 112 valence electrons. The number of hydrogen-bond donors (Lipinski definition) is 0. The van der Waals surface area contributed by atoms with Crippen molar-refractivity contribution in [2.24, 2.45) is 0 Å². The third-order valence-electron chi connectivity index (χ3n) is 3.94. The van der Waals surface area contributed by atoms with E-state index in [0.29, 0.717) is 28.8 Å². The molecule has 0 rings (SSSR count). The normalized spacial score (nSPS) is 13.5. The van der Waals surface area contributed by atoms with Crippen LogP contribution in [0.3, 0.4) is 0 Å². The Hall–Kier alpha value is -0.613. The fraction of sp³-hybridized carbons (Fsp3) is 0.800. The zero-order chi connectivity index (χ0) is 15.2. The van der Waals surface area contributed by atoms with Crippen LogP contribution in [0, 0.1) is 0 Å². The van der Waals surface area contributed by atoms with Crippen LogP contribution in [0.2, 0.25) is 16.6 Å². The summed E-state index contributed by atoms with van der Waals surface area (Å²) in [5, 5.41) is 0. The van der Waals surface area contributed by atoms with Gasteiger partial charge in [-0.25, -0.2) is 4.79 Å². The molecule has 0 N–H and O–H groups in total. The Balaban J connectivity index is 4.92. The van der Waals surface area contributed by atoms with Crippen molar-refractivity contribution in [1.29, 1.82) is 0 Å². The summed E-state index contributed by atoms with van der Waals surface area (Å²) in [6.07, 6.45) is 1.83. The van der Waals surface area contributed by atoms with Crippen LogP contribution >= 0.6 is 0 Å². The Bertz CT molecular complexity index is 298. The fourth-order valence-electron chi connectivity index (χ4n) is 3.06. The van der Waals surface area contributed by atoms with E-state index in [9.17, 15) is 4.79 Å². The molecular formula is C15H30O3Si. The highest BCUT2D eigenvalue weighted by Gasteiger charge is 2.44. The van der Waals surface area contributed by atoms with Crippen molar-refractivity contribution in [3.63, 3.8) is 0 Å². The molecule has 0 aliphatic rings. The standard InChI is InChI=1S/C15H30O3Si/c1-11(2)19(12(3)4,13(5)6)18-10-9-14(7)15(16)17-8/h9,11-13H,10H2,1-8H3/b14-9+. The first-order valence-corrected chi connectivity index (χ1v) is 9.23. The minimum absolute atomic E-state index is 0.283. The first-order chi connectivity index (χ1) is 8.70. The molecule has 0 aromatic rings. The first kappa shape index (κ1) is 18.4. The number of ether oxygens (including phenoxy) is 1. The van der Waals surface area contributed by atoms with Crippen molar-refractivity contribution >= 4 is 14.3 Å². The molecule has 0 aromatic carbocycles. The quantitative estimate of drug-likeness (QED) is 0.398. The minimum Gasteiger partial charge on any atom is -0.466 e. The van der Waals surface area contributed by atoms with Gasteiger partial charge in [-0.2, -0.15) is 0 Å². The van der Waals surface area contributed by atoms with E-state index in [2.05, 4.69) is 46.3 Å². The van der Waals surface area contributed by atoms with E-state index in [1.165, 1.54) is 7.11 Å². The Morgan fingerprint density at radius 3 is 1.79 bits per heavy atom. The van der Waals surface area contributed by atoms with Crippen molar-refractivity contribution in [1.82, 2.24) is 0 Å². The van der Waals surface area contributed by atoms with Crippen molar-refractivity contribution in [2.75, 3.05) is 13.7 Å². The number of carbonyl (C=O) groups is 1. The van der Waals surface area contributed by atoms with Crippen LogP contribution < -0.4 is 0 Å². The highest BCUT2D eigenvalue weighted by molar-refractivity contribution is 6.77. The lowest BCUT2D eigenvalue weighted by molar-refractivity contribution is -0.136. The van der Waals surface area contributed by atoms with Crippen LogP contribution in [-0.2, 0) is 14.0 Å². The Labute approximate surface area is 119 Å². The number of hydrogen-bond acceptors (Lipinski definition) is 3. The molecule has 0 atom stereocenters. The van der Waals surface area contributed by atoms with Gasteiger partial charge in [-0.3, -0.25) is 0 Å². The molecule has 19 heavy (non-hydrogen) atoms. The summed E-state index contributed by atoms with van der Waals surface area (Å²) in [4.78, 5) is 11.3. The molecule has 0 bridgehead atoms. The van der Waals surface area contributed by atoms with Crippen molar-refractivity contribution in [3.05, 3.63) is 11.6 Å². The predicted molar refractivity (Wildman–Crippen MR) is 82.8 cm³/mol. The van der Waals surface area contributed by atoms with Gasteiger partial charge in [0, 0.05) is 5.57 Å². The Morgan fingerprint density at radius 2 is 1.47 bits per heavy atom. The third-order valence-corrected chi connectivity index (χ3v) is 10.0. The van der Waals surface area contributed by atoms with Crippen LogP contribution in [0.4, 0.5) is 0 Å². The van der Waals surface area contributed by atoms with E-state index in [0.717, 1.165) is 0 Å². The average Bonchev–Trinajstić information content (AvgIpc) is 2.31. The molecule has 0 saturated heterocycles. The molecule has 0 radical (unpaired) electrons. The van der Waals surface area contributed by atoms with Crippen LogP contribution in [0.15, 0.2) is 11.6 Å². The summed E-state index contributed by atoms with van der Waals surface area (Å²) in [6, 6.07) is 0. The van der Waals surface area contributed by atoms with Gasteiger partial charge in [-0.1, -0.05) is 47.6 Å². The fourth-order valence-corrected chi connectivity index (χ4v) is 8.43. The number of rotatable bonds is 7. The molecule has 0 aromatic heterocycles. The molecule has 4 heteroatoms. The second kappa shape index (κ2) is 7.85. The van der Waals surface area contributed by atoms with E-state index >= 15 is 0 Å². The van der Waals surface area contributed by atoms with Crippen molar-refractivity contribution in [3.8, 4) is 0 Å². The molecule has 0 aliphatic carbocycles. The van der Waals surface area contributed by atoms with Gasteiger partial charge in [0.05, 0.1) is 13.7 Å². The lowest BCUT2D eigenvalue weighted by Gasteiger charge is -2.41. The number of esters is 1. The van der Waals surface area contributed by atoms with Crippen LogP contribution in [-0.4, -0.2) is 28.0 Å². The SMILES string of the molecule is COC(=O)/C(C)=C/CO[Si](C(C)C)(C(C)C)C(C)C. The number of carbonyl (C=O) groups excluding carboxylic acids is 1. The molecule has 3 nitrogen and oxygen atoms in total. The summed E-state index contributed by atoms with van der Waals surface area (Å²) in [6.45, 7) is 15.8. The summed E-state index contributed by atoms with van der Waals surface area (Å²) in [7, 11) is -0.437. The lowest BCUT2D eigenvalue weighted by Crippen LogP contribution is -2.47. The summed E-state index contributed by atoms with van der Waals surface area (Å²) in [5.74, 6) is -0.283. The van der Waals surface area contributed by atoms with Gasteiger partial charge in [0.15, 0.2) is 0 Å². The maximum atomic E-state index is 11.3. The molecular weight excluding hydrogens is 256 g/mol. The monoisotopic (exact) mass is 286 g/mol. The maximum absolute atomic E-state index is 11.3. The molecule has 0 spiro atoms. The van der Waals surface area contributed by atoms with Gasteiger partial charge < -0.3 is 9.16 Å². The van der Waals surface area contributed by atoms with E-state index in [4.69, 9.17) is 4.43 Å². The maximum Gasteiger partial charge on any atom is 0.333 e. The second-order valence-corrected chi connectivity index (χ2v) is 11.5. The van der Waals surface area contributed by atoms with Crippen LogP contribution in [0.5, 0.6) is 0 Å². The molecule has 0 saturated carbocycles. The molecule has 0 heterocycles. The van der Waals surface area contributed by atoms with Gasteiger partial charge >= 0.3 is 5.97 Å². The highest BCUT2D eigenvalue weighted by atomic mass is 28.4. The summed E-state index contributed by atoms with van der Waals surface area (Å²) in [5.41, 5.74) is 2.28. The summed E-state index contributed by atoms with van der Waals surface area (Å²) < 4.78 is 11.0. The second-order valence-electron chi connectivity index (χ2n) is 6.01. The summed E-state index contributed by atoms with van der Waals surface area (Å²) >= 11 is 0. The Kier molecular flexibility index (Phi) is 7.60. The van der Waals surface area contributed by atoms with Crippen LogP contribution in [0.1, 0.15) is 48.5 Å². The van der Waals surface area contributed by atoms with Gasteiger partial charge in [-0.15, -0.1) is 0 Å². The van der Waals surface area contributed by atoms with E-state index in [1.807, 2.05) is 6.08 Å². The molecule has 0 aliphatic heterocycles. The zero-order valence-electron chi connectivity index (χ0n) is 13.7. The zero-order valence-corrected chi connectivity index (χ0v) is 14.7. The predicted octanol–water partition coefficient (Wildman–Crippen LogP) is 4.30. The lowest BCUT2D eigenvalue weighted by atomic mass is 10.3. The minimum atomic E-state index is -1.84. The molecule has 0 unspecified atom stereocenters. The van der Waals surface area contributed by atoms with Gasteiger partial charge in [0.25, 0.3) is 0 Å². The molecule has 0 amide bonds.